The third-order valence-electron chi connectivity index (χ3n) is 3.39. The summed E-state index contributed by atoms with van der Waals surface area (Å²) in [7, 11) is 0. The summed E-state index contributed by atoms with van der Waals surface area (Å²) in [5.41, 5.74) is 0. The lowest BCUT2D eigenvalue weighted by Crippen LogP contribution is -2.28. The molecule has 1 aliphatic carbocycles. The summed E-state index contributed by atoms with van der Waals surface area (Å²) < 4.78 is 0. The molecule has 11 heavy (non-hydrogen) atoms. The van der Waals surface area contributed by atoms with E-state index in [-0.39, 0.29) is 0 Å². The number of rotatable bonds is 1. The van der Waals surface area contributed by atoms with Crippen LogP contribution in [0.4, 0.5) is 0 Å². The zero-order valence-corrected chi connectivity index (χ0v) is 7.42. The van der Waals surface area contributed by atoms with Crippen LogP contribution < -0.4 is 0 Å². The van der Waals surface area contributed by atoms with Crippen molar-refractivity contribution in [3.05, 3.63) is 12.2 Å². The van der Waals surface area contributed by atoms with E-state index < -0.39 is 0 Å². The molecular weight excluding hydrogens is 131 g/mol. The Labute approximate surface area is 70.1 Å². The summed E-state index contributed by atoms with van der Waals surface area (Å²) in [6, 6.07) is 0. The number of hydrogen-bond donors (Lipinski definition) is 0. The van der Waals surface area contributed by atoms with Crippen LogP contribution in [0, 0.1) is 11.8 Å². The first-order chi connectivity index (χ1) is 5.38. The van der Waals surface area contributed by atoms with Gasteiger partial charge in [-0.1, -0.05) is 38.0 Å². The summed E-state index contributed by atoms with van der Waals surface area (Å²) in [6.45, 7) is 3.39. The van der Waals surface area contributed by atoms with Crippen LogP contribution in [0.2, 0.25) is 19.0 Å². The Hall–Kier alpha value is -0.195. The predicted molar refractivity (Wildman–Crippen MR) is 51.2 cm³/mol. The van der Waals surface area contributed by atoms with Gasteiger partial charge in [0.15, 0.2) is 0 Å². The van der Waals surface area contributed by atoms with E-state index in [1.54, 1.807) is 0 Å². The van der Waals surface area contributed by atoms with Gasteiger partial charge in [0.05, 0.1) is 0 Å². The highest BCUT2D eigenvalue weighted by Gasteiger charge is 2.29. The van der Waals surface area contributed by atoms with Gasteiger partial charge in [-0.15, -0.1) is 0 Å². The second-order valence-electron chi connectivity index (χ2n) is 4.27. The summed E-state index contributed by atoms with van der Waals surface area (Å²) in [5.74, 6) is 2.00. The molecule has 2 aliphatic rings. The lowest BCUT2D eigenvalue weighted by Gasteiger charge is -2.34. The van der Waals surface area contributed by atoms with Crippen molar-refractivity contribution in [3.8, 4) is 0 Å². The summed E-state index contributed by atoms with van der Waals surface area (Å²) >= 11 is 0. The maximum absolute atomic E-state index is 2.46. The fourth-order valence-corrected chi connectivity index (χ4v) is 2.76. The van der Waals surface area contributed by atoms with Gasteiger partial charge in [0.2, 0.25) is 0 Å². The van der Waals surface area contributed by atoms with Crippen molar-refractivity contribution in [3.63, 3.8) is 0 Å². The van der Waals surface area contributed by atoms with E-state index in [4.69, 9.17) is 0 Å². The van der Waals surface area contributed by atoms with Gasteiger partial charge in [0.1, 0.15) is 6.71 Å². The van der Waals surface area contributed by atoms with Crippen LogP contribution in [-0.4, -0.2) is 6.71 Å². The smallest absolute Gasteiger partial charge is 0.0880 e. The van der Waals surface area contributed by atoms with Crippen LogP contribution in [0.5, 0.6) is 0 Å². The van der Waals surface area contributed by atoms with Gasteiger partial charge >= 0.3 is 0 Å². The van der Waals surface area contributed by atoms with Crippen molar-refractivity contribution in [2.75, 3.05) is 0 Å². The quantitative estimate of drug-likeness (QED) is 0.396. The van der Waals surface area contributed by atoms with Gasteiger partial charge in [0.25, 0.3) is 0 Å². The highest BCUT2D eigenvalue weighted by molar-refractivity contribution is 6.59. The first-order valence-electron chi connectivity index (χ1n) is 5.05. The largest absolute Gasteiger partial charge is 0.140 e. The van der Waals surface area contributed by atoms with Gasteiger partial charge in [-0.2, -0.15) is 0 Å². The van der Waals surface area contributed by atoms with Crippen molar-refractivity contribution in [2.45, 2.75) is 38.7 Å². The van der Waals surface area contributed by atoms with Gasteiger partial charge in [-0.25, -0.2) is 0 Å². The molecule has 60 valence electrons. The van der Waals surface area contributed by atoms with Crippen molar-refractivity contribution in [1.29, 1.82) is 0 Å². The molecule has 0 aromatic rings. The Morgan fingerprint density at radius 3 is 3.09 bits per heavy atom. The summed E-state index contributed by atoms with van der Waals surface area (Å²) in [4.78, 5) is 0. The van der Waals surface area contributed by atoms with E-state index in [9.17, 15) is 0 Å². The van der Waals surface area contributed by atoms with Crippen LogP contribution >= 0.6 is 0 Å². The third kappa shape index (κ3) is 1.52. The Morgan fingerprint density at radius 1 is 1.45 bits per heavy atom. The molecule has 2 bridgehead atoms. The van der Waals surface area contributed by atoms with Gasteiger partial charge in [-0.05, 0) is 24.7 Å². The van der Waals surface area contributed by atoms with E-state index in [1.807, 2.05) is 0 Å². The van der Waals surface area contributed by atoms with Crippen molar-refractivity contribution in [1.82, 2.24) is 0 Å². The van der Waals surface area contributed by atoms with E-state index >= 15 is 0 Å². The molecule has 1 heterocycles. The normalized spacial score (nSPS) is 35.9. The Morgan fingerprint density at radius 2 is 2.36 bits per heavy atom. The van der Waals surface area contributed by atoms with Crippen LogP contribution in [0.25, 0.3) is 0 Å². The molecule has 1 aliphatic heterocycles. The van der Waals surface area contributed by atoms with Crippen LogP contribution in [0.3, 0.4) is 0 Å². The SMILES string of the molecule is CCB1C[C@H]2C=CC[C@H](C1)C2. The third-order valence-corrected chi connectivity index (χ3v) is 3.39. The van der Waals surface area contributed by atoms with Crippen molar-refractivity contribution in [2.24, 2.45) is 11.8 Å². The monoisotopic (exact) mass is 148 g/mol. The first-order valence-corrected chi connectivity index (χ1v) is 5.05. The molecule has 0 radical (unpaired) electrons. The predicted octanol–water partition coefficient (Wildman–Crippen LogP) is 3.10. The molecule has 0 nitrogen and oxygen atoms in total. The van der Waals surface area contributed by atoms with Crippen LogP contribution in [0.15, 0.2) is 12.2 Å². The molecule has 0 N–H and O–H groups in total. The van der Waals surface area contributed by atoms with E-state index in [1.165, 1.54) is 31.8 Å². The average Bonchev–Trinajstić information content (AvgIpc) is 2.03. The Bertz CT molecular complexity index is 162. The average molecular weight is 148 g/mol. The van der Waals surface area contributed by atoms with E-state index in [0.717, 1.165) is 18.5 Å². The van der Waals surface area contributed by atoms with E-state index in [0.29, 0.717) is 0 Å². The molecule has 0 aromatic carbocycles. The number of hydrogen-bond acceptors (Lipinski definition) is 0. The second kappa shape index (κ2) is 3.04. The lowest BCUT2D eigenvalue weighted by atomic mass is 9.35. The molecule has 0 aromatic heterocycles. The number of fused-ring (bicyclic) bond motifs is 2. The first kappa shape index (κ1) is 7.45. The zero-order chi connectivity index (χ0) is 7.68. The summed E-state index contributed by atoms with van der Waals surface area (Å²) in [5, 5.41) is 0. The molecule has 2 rings (SSSR count). The zero-order valence-electron chi connectivity index (χ0n) is 7.42. The van der Waals surface area contributed by atoms with Crippen LogP contribution in [-0.2, 0) is 0 Å². The minimum Gasteiger partial charge on any atom is -0.0880 e. The van der Waals surface area contributed by atoms with Gasteiger partial charge in [0, 0.05) is 0 Å². The minimum absolute atomic E-state index is 0.951. The van der Waals surface area contributed by atoms with E-state index in [2.05, 4.69) is 19.1 Å². The maximum atomic E-state index is 2.46. The molecule has 0 spiro atoms. The molecule has 1 heteroatoms. The van der Waals surface area contributed by atoms with Gasteiger partial charge < -0.3 is 0 Å². The van der Waals surface area contributed by atoms with Gasteiger partial charge in [-0.3, -0.25) is 0 Å². The Kier molecular flexibility index (Phi) is 2.06. The second-order valence-corrected chi connectivity index (χ2v) is 4.27. The molecule has 0 amide bonds. The molecule has 1 saturated heterocycles. The molecule has 0 unspecified atom stereocenters. The highest BCUT2D eigenvalue weighted by Crippen LogP contribution is 2.37. The maximum Gasteiger partial charge on any atom is 0.140 e. The van der Waals surface area contributed by atoms with Crippen molar-refractivity contribution < 1.29 is 0 Å². The van der Waals surface area contributed by atoms with Crippen molar-refractivity contribution >= 4 is 6.71 Å². The van der Waals surface area contributed by atoms with Crippen LogP contribution in [0.1, 0.15) is 19.8 Å². The topological polar surface area (TPSA) is 0 Å². The minimum atomic E-state index is 0.951. The fraction of sp³-hybridized carbons (Fsp3) is 0.800. The highest BCUT2D eigenvalue weighted by atomic mass is 14.2. The standard InChI is InChI=1S/C10H17B/c1-2-11-7-9-4-3-5-10(6-9)8-11/h3-4,9-10H,2,5-8H2,1H3/t9-,10-/m0/s1. The molecular formula is C10H17B. The summed E-state index contributed by atoms with van der Waals surface area (Å²) in [6.07, 6.45) is 12.1. The molecule has 1 fully saturated rings. The lowest BCUT2D eigenvalue weighted by molar-refractivity contribution is 0.420. The Balaban J connectivity index is 2.02. The molecule has 2 atom stereocenters. The fourth-order valence-electron chi connectivity index (χ4n) is 2.76. The molecule has 0 saturated carbocycles. The number of allylic oxidation sites excluding steroid dienone is 2.